The third kappa shape index (κ3) is 3.66. The van der Waals surface area contributed by atoms with Crippen LogP contribution in [-0.2, 0) is 6.42 Å². The van der Waals surface area contributed by atoms with E-state index in [2.05, 4.69) is 4.98 Å². The molecule has 0 atom stereocenters. The molecule has 2 rings (SSSR count). The molecular weight excluding hydrogens is 228 g/mol. The molecule has 0 saturated carbocycles. The van der Waals surface area contributed by atoms with Gasteiger partial charge in [-0.3, -0.25) is 4.98 Å². The molecule has 0 aliphatic heterocycles. The normalized spacial score (nSPS) is 10.1. The number of hydrogen-bond acceptors (Lipinski definition) is 3. The third-order valence-corrected chi connectivity index (χ3v) is 2.46. The van der Waals surface area contributed by atoms with Crippen LogP contribution in [0.4, 0.5) is 0 Å². The molecule has 2 aromatic rings. The molecule has 0 bridgehead atoms. The predicted molar refractivity (Wildman–Crippen MR) is 68.9 cm³/mol. The van der Waals surface area contributed by atoms with E-state index >= 15 is 0 Å². The molecular formula is C14H15N2O2+. The van der Waals surface area contributed by atoms with Gasteiger partial charge in [-0.05, 0) is 29.0 Å². The van der Waals surface area contributed by atoms with E-state index in [1.807, 2.05) is 42.5 Å². The highest BCUT2D eigenvalue weighted by atomic mass is 16.5. The summed E-state index contributed by atoms with van der Waals surface area (Å²) >= 11 is 0. The van der Waals surface area contributed by atoms with Gasteiger partial charge in [-0.15, -0.1) is 0 Å². The van der Waals surface area contributed by atoms with Crippen LogP contribution >= 0.6 is 0 Å². The molecule has 0 unspecified atom stereocenters. The fourth-order valence-electron chi connectivity index (χ4n) is 1.52. The molecule has 4 nitrogen and oxygen atoms in total. The highest BCUT2D eigenvalue weighted by Gasteiger charge is 2.03. The van der Waals surface area contributed by atoms with Crippen molar-refractivity contribution < 1.29 is 9.50 Å². The Morgan fingerprint density at radius 1 is 1.11 bits per heavy atom. The largest absolute Gasteiger partial charge is 0.456 e. The average molecular weight is 243 g/mol. The maximum atomic E-state index is 10.8. The number of nitrogens with zero attached hydrogens (tertiary/aromatic N) is 2. The topological polar surface area (TPSA) is 42.2 Å². The summed E-state index contributed by atoms with van der Waals surface area (Å²) < 4.78 is 6.52. The van der Waals surface area contributed by atoms with Gasteiger partial charge >= 0.3 is 0 Å². The zero-order valence-corrected chi connectivity index (χ0v) is 10.2. The number of hydrogen-bond donors (Lipinski definition) is 0. The average Bonchev–Trinajstić information content (AvgIpc) is 2.39. The summed E-state index contributed by atoms with van der Waals surface area (Å²) in [5.41, 5.74) is 0.887. The van der Waals surface area contributed by atoms with Crippen LogP contribution in [0.5, 0.6) is 11.5 Å². The standard InChI is InChI=1S/C14H15N2O2/c1-16(17)10-9-12-7-8-14(11-15-12)18-13-5-3-2-4-6-13/h2-8,11H,9-10H2,1H3/q+1. The van der Waals surface area contributed by atoms with E-state index in [1.54, 1.807) is 6.20 Å². The predicted octanol–water partition coefficient (Wildman–Crippen LogP) is 2.83. The fraction of sp³-hybridized carbons (Fsp3) is 0.214. The Morgan fingerprint density at radius 2 is 1.89 bits per heavy atom. The molecule has 92 valence electrons. The van der Waals surface area contributed by atoms with Gasteiger partial charge in [-0.2, -0.15) is 0 Å². The molecule has 0 aliphatic rings. The van der Waals surface area contributed by atoms with Crippen molar-refractivity contribution >= 4 is 0 Å². The Morgan fingerprint density at radius 3 is 2.50 bits per heavy atom. The summed E-state index contributed by atoms with van der Waals surface area (Å²) in [6, 6.07) is 13.3. The van der Waals surface area contributed by atoms with E-state index < -0.39 is 0 Å². The van der Waals surface area contributed by atoms with Crippen LogP contribution in [0.3, 0.4) is 0 Å². The number of aromatic nitrogens is 1. The van der Waals surface area contributed by atoms with Crippen molar-refractivity contribution in [3.05, 3.63) is 59.3 Å². The molecule has 0 spiro atoms. The summed E-state index contributed by atoms with van der Waals surface area (Å²) in [5.74, 6) is 1.48. The molecule has 1 aromatic carbocycles. The van der Waals surface area contributed by atoms with Crippen molar-refractivity contribution in [2.45, 2.75) is 6.42 Å². The first kappa shape index (κ1) is 12.2. The van der Waals surface area contributed by atoms with Crippen molar-refractivity contribution in [3.63, 3.8) is 0 Å². The van der Waals surface area contributed by atoms with Gasteiger partial charge in [0.1, 0.15) is 11.5 Å². The van der Waals surface area contributed by atoms with E-state index in [-0.39, 0.29) is 0 Å². The van der Waals surface area contributed by atoms with E-state index in [4.69, 9.17) is 4.74 Å². The third-order valence-electron chi connectivity index (χ3n) is 2.46. The van der Waals surface area contributed by atoms with Crippen molar-refractivity contribution in [3.8, 4) is 11.5 Å². The maximum absolute atomic E-state index is 10.8. The number of rotatable bonds is 5. The number of ether oxygens (including phenoxy) is 1. The second-order valence-corrected chi connectivity index (χ2v) is 4.00. The lowest BCUT2D eigenvalue weighted by molar-refractivity contribution is -0.518. The molecule has 18 heavy (non-hydrogen) atoms. The zero-order valence-electron chi connectivity index (χ0n) is 10.2. The van der Waals surface area contributed by atoms with Crippen molar-refractivity contribution in [2.24, 2.45) is 0 Å². The summed E-state index contributed by atoms with van der Waals surface area (Å²) in [6.07, 6.45) is 2.32. The summed E-state index contributed by atoms with van der Waals surface area (Å²) in [6.45, 7) is 0.450. The second kappa shape index (κ2) is 5.91. The highest BCUT2D eigenvalue weighted by Crippen LogP contribution is 2.19. The van der Waals surface area contributed by atoms with Gasteiger partial charge in [0.15, 0.2) is 13.6 Å². The minimum atomic E-state index is 0.450. The van der Waals surface area contributed by atoms with Crippen LogP contribution in [0.25, 0.3) is 0 Å². The number of benzene rings is 1. The first-order valence-electron chi connectivity index (χ1n) is 5.80. The van der Waals surface area contributed by atoms with Crippen LogP contribution in [-0.4, -0.2) is 23.3 Å². The van der Waals surface area contributed by atoms with Gasteiger partial charge in [-0.1, -0.05) is 18.2 Å². The summed E-state index contributed by atoms with van der Waals surface area (Å²) in [4.78, 5) is 15.0. The van der Waals surface area contributed by atoms with E-state index in [0.717, 1.165) is 16.2 Å². The minimum absolute atomic E-state index is 0.450. The lowest BCUT2D eigenvalue weighted by atomic mass is 10.2. The van der Waals surface area contributed by atoms with Gasteiger partial charge < -0.3 is 4.74 Å². The monoisotopic (exact) mass is 243 g/mol. The van der Waals surface area contributed by atoms with Crippen LogP contribution in [0.2, 0.25) is 0 Å². The maximum Gasteiger partial charge on any atom is 0.197 e. The van der Waals surface area contributed by atoms with Crippen molar-refractivity contribution in [1.82, 2.24) is 4.98 Å². The smallest absolute Gasteiger partial charge is 0.197 e. The van der Waals surface area contributed by atoms with Crippen LogP contribution < -0.4 is 4.74 Å². The zero-order chi connectivity index (χ0) is 12.8. The number of para-hydroxylation sites is 1. The summed E-state index contributed by atoms with van der Waals surface area (Å²) in [5, 5.41) is 0. The molecule has 0 saturated heterocycles. The van der Waals surface area contributed by atoms with Gasteiger partial charge in [0.2, 0.25) is 0 Å². The highest BCUT2D eigenvalue weighted by molar-refractivity contribution is 5.29. The SMILES string of the molecule is C[N+](=O)CCc1ccc(Oc2ccccc2)cn1. The van der Waals surface area contributed by atoms with E-state index in [0.29, 0.717) is 18.7 Å². The number of pyridine rings is 1. The fourth-order valence-corrected chi connectivity index (χ4v) is 1.52. The van der Waals surface area contributed by atoms with Gasteiger partial charge in [-0.25, -0.2) is 0 Å². The molecule has 1 aromatic heterocycles. The Hall–Kier alpha value is -2.23. The number of likely N-dealkylation sites (N-methyl/N-ethyl adjacent to an activating group) is 1. The minimum Gasteiger partial charge on any atom is -0.456 e. The lowest BCUT2D eigenvalue weighted by Crippen LogP contribution is -2.06. The first-order valence-corrected chi connectivity index (χ1v) is 5.80. The van der Waals surface area contributed by atoms with Gasteiger partial charge in [0.05, 0.1) is 12.6 Å². The van der Waals surface area contributed by atoms with E-state index in [9.17, 15) is 4.91 Å². The molecule has 1 heterocycles. The lowest BCUT2D eigenvalue weighted by Gasteiger charge is -2.05. The first-order chi connectivity index (χ1) is 8.74. The Balaban J connectivity index is 1.97. The quantitative estimate of drug-likeness (QED) is 0.758. The molecule has 4 heteroatoms. The molecule has 0 aliphatic carbocycles. The van der Waals surface area contributed by atoms with E-state index in [1.165, 1.54) is 7.05 Å². The van der Waals surface area contributed by atoms with Crippen molar-refractivity contribution in [1.29, 1.82) is 0 Å². The van der Waals surface area contributed by atoms with Crippen LogP contribution in [0, 0.1) is 4.91 Å². The van der Waals surface area contributed by atoms with Gasteiger partial charge in [0, 0.05) is 10.6 Å². The molecule has 0 radical (unpaired) electrons. The second-order valence-electron chi connectivity index (χ2n) is 4.00. The molecule has 0 N–H and O–H groups in total. The van der Waals surface area contributed by atoms with Crippen LogP contribution in [0.15, 0.2) is 48.7 Å². The Bertz CT molecular complexity index is 509. The Kier molecular flexibility index (Phi) is 4.02. The summed E-state index contributed by atoms with van der Waals surface area (Å²) in [7, 11) is 1.51. The molecule has 0 amide bonds. The number of nitroso groups, excluding NO2 is 1. The van der Waals surface area contributed by atoms with Gasteiger partial charge in [0.25, 0.3) is 0 Å². The molecule has 0 fully saturated rings. The van der Waals surface area contributed by atoms with Crippen molar-refractivity contribution in [2.75, 3.05) is 13.6 Å². The van der Waals surface area contributed by atoms with Crippen LogP contribution in [0.1, 0.15) is 5.69 Å². The Labute approximate surface area is 106 Å².